The fraction of sp³-hybridized carbons (Fsp3) is 0.333. The molecule has 2 aromatic carbocycles. The van der Waals surface area contributed by atoms with Crippen LogP contribution in [0.25, 0.3) is 0 Å². The van der Waals surface area contributed by atoms with Crippen molar-refractivity contribution in [3.8, 4) is 17.2 Å². The van der Waals surface area contributed by atoms with Crippen LogP contribution in [0.15, 0.2) is 42.5 Å². The van der Waals surface area contributed by atoms with Crippen LogP contribution < -0.4 is 25.3 Å². The first-order valence-electron chi connectivity index (χ1n) is 9.05. The van der Waals surface area contributed by atoms with Gasteiger partial charge >= 0.3 is 0 Å². The summed E-state index contributed by atoms with van der Waals surface area (Å²) in [5, 5.41) is 2.97. The highest BCUT2D eigenvalue weighted by Crippen LogP contribution is 2.34. The van der Waals surface area contributed by atoms with Gasteiger partial charge in [0.2, 0.25) is 5.91 Å². The van der Waals surface area contributed by atoms with Crippen LogP contribution in [-0.4, -0.2) is 31.6 Å². The van der Waals surface area contributed by atoms with Crippen LogP contribution in [0.4, 0.5) is 0 Å². The Bertz CT molecular complexity index is 862. The largest absolute Gasteiger partial charge is 0.486 e. The van der Waals surface area contributed by atoms with Gasteiger partial charge in [-0.1, -0.05) is 18.2 Å². The monoisotopic (exact) mass is 384 g/mol. The van der Waals surface area contributed by atoms with Crippen molar-refractivity contribution in [2.75, 3.05) is 19.8 Å². The first-order chi connectivity index (χ1) is 13.3. The van der Waals surface area contributed by atoms with Crippen LogP contribution in [0.5, 0.6) is 17.2 Å². The lowest BCUT2D eigenvalue weighted by molar-refractivity contribution is -0.124. The summed E-state index contributed by atoms with van der Waals surface area (Å²) in [5.41, 5.74) is 6.26. The number of nitrogens with one attached hydrogen (secondary N) is 1. The van der Waals surface area contributed by atoms with Crippen molar-refractivity contribution in [3.05, 3.63) is 53.6 Å². The molecule has 0 saturated carbocycles. The lowest BCUT2D eigenvalue weighted by Gasteiger charge is -2.28. The predicted octanol–water partition coefficient (Wildman–Crippen LogP) is 1.92. The SMILES string of the molecule is CC(C)(NC(=O)COc1ccc(CC(N)=O)cc1)c1ccc2c(c1)OCCO2. The summed E-state index contributed by atoms with van der Waals surface area (Å²) in [4.78, 5) is 23.3. The second-order valence-electron chi connectivity index (χ2n) is 7.11. The number of primary amides is 1. The minimum atomic E-state index is -0.609. The molecule has 7 nitrogen and oxygen atoms in total. The highest BCUT2D eigenvalue weighted by Gasteiger charge is 2.25. The van der Waals surface area contributed by atoms with E-state index in [1.165, 1.54) is 0 Å². The molecule has 0 atom stereocenters. The molecule has 0 bridgehead atoms. The van der Waals surface area contributed by atoms with Crippen molar-refractivity contribution < 1.29 is 23.8 Å². The summed E-state index contributed by atoms with van der Waals surface area (Å²) in [6.07, 6.45) is 0.171. The molecule has 0 fully saturated rings. The molecule has 7 heteroatoms. The first kappa shape index (κ1) is 19.5. The molecule has 0 aromatic heterocycles. The summed E-state index contributed by atoms with van der Waals surface area (Å²) in [6, 6.07) is 12.5. The predicted molar refractivity (Wildman–Crippen MR) is 103 cm³/mol. The third-order valence-corrected chi connectivity index (χ3v) is 4.39. The zero-order valence-electron chi connectivity index (χ0n) is 16.0. The zero-order chi connectivity index (χ0) is 20.1. The molecule has 0 aliphatic carbocycles. The number of fused-ring (bicyclic) bond motifs is 1. The van der Waals surface area contributed by atoms with Gasteiger partial charge in [-0.2, -0.15) is 0 Å². The lowest BCUT2D eigenvalue weighted by Crippen LogP contribution is -2.43. The highest BCUT2D eigenvalue weighted by molar-refractivity contribution is 5.78. The normalized spacial score (nSPS) is 12.9. The molecule has 3 rings (SSSR count). The minimum absolute atomic E-state index is 0.122. The smallest absolute Gasteiger partial charge is 0.258 e. The molecule has 0 unspecified atom stereocenters. The number of nitrogens with two attached hydrogens (primary N) is 1. The maximum atomic E-state index is 12.4. The zero-order valence-corrected chi connectivity index (χ0v) is 16.0. The Morgan fingerprint density at radius 2 is 1.75 bits per heavy atom. The number of hydrogen-bond acceptors (Lipinski definition) is 5. The maximum Gasteiger partial charge on any atom is 0.258 e. The van der Waals surface area contributed by atoms with Gasteiger partial charge in [-0.15, -0.1) is 0 Å². The summed E-state index contributed by atoms with van der Waals surface area (Å²) >= 11 is 0. The number of carbonyl (C=O) groups is 2. The number of benzene rings is 2. The fourth-order valence-electron chi connectivity index (χ4n) is 2.94. The van der Waals surface area contributed by atoms with E-state index < -0.39 is 11.4 Å². The van der Waals surface area contributed by atoms with E-state index >= 15 is 0 Å². The van der Waals surface area contributed by atoms with Crippen molar-refractivity contribution in [1.82, 2.24) is 5.32 Å². The number of rotatable bonds is 7. The van der Waals surface area contributed by atoms with E-state index in [1.54, 1.807) is 24.3 Å². The Hall–Kier alpha value is -3.22. The van der Waals surface area contributed by atoms with E-state index in [-0.39, 0.29) is 18.9 Å². The van der Waals surface area contributed by atoms with E-state index in [4.69, 9.17) is 19.9 Å². The third kappa shape index (κ3) is 4.94. The summed E-state index contributed by atoms with van der Waals surface area (Å²) in [6.45, 7) is 4.75. The lowest BCUT2D eigenvalue weighted by atomic mass is 9.93. The van der Waals surface area contributed by atoms with Gasteiger partial charge in [0.05, 0.1) is 12.0 Å². The molecule has 3 N–H and O–H groups in total. The average molecular weight is 384 g/mol. The van der Waals surface area contributed by atoms with Crippen molar-refractivity contribution in [2.24, 2.45) is 5.73 Å². The van der Waals surface area contributed by atoms with E-state index in [2.05, 4.69) is 5.32 Å². The van der Waals surface area contributed by atoms with Gasteiger partial charge in [0.1, 0.15) is 19.0 Å². The van der Waals surface area contributed by atoms with E-state index in [0.29, 0.717) is 30.5 Å². The summed E-state index contributed by atoms with van der Waals surface area (Å²) < 4.78 is 16.7. The standard InChI is InChI=1S/C21H24N2O5/c1-21(2,15-5-8-17-18(12-15)27-10-9-26-17)23-20(25)13-28-16-6-3-14(4-7-16)11-19(22)24/h3-8,12H,9-11,13H2,1-2H3,(H2,22,24)(H,23,25). The first-order valence-corrected chi connectivity index (χ1v) is 9.05. The van der Waals surface area contributed by atoms with Crippen LogP contribution in [0.2, 0.25) is 0 Å². The molecule has 0 radical (unpaired) electrons. The minimum Gasteiger partial charge on any atom is -0.486 e. The van der Waals surface area contributed by atoms with E-state index in [0.717, 1.165) is 11.1 Å². The molecule has 2 aromatic rings. The Kier molecular flexibility index (Phi) is 5.73. The molecular weight excluding hydrogens is 360 g/mol. The van der Waals surface area contributed by atoms with Crippen molar-refractivity contribution >= 4 is 11.8 Å². The van der Waals surface area contributed by atoms with Crippen molar-refractivity contribution in [2.45, 2.75) is 25.8 Å². The van der Waals surface area contributed by atoms with Crippen LogP contribution in [0.1, 0.15) is 25.0 Å². The number of amides is 2. The molecule has 0 spiro atoms. The molecule has 0 saturated heterocycles. The second kappa shape index (κ2) is 8.21. The van der Waals surface area contributed by atoms with Crippen LogP contribution in [0.3, 0.4) is 0 Å². The van der Waals surface area contributed by atoms with E-state index in [1.807, 2.05) is 32.0 Å². The van der Waals surface area contributed by atoms with Crippen LogP contribution in [0, 0.1) is 0 Å². The summed E-state index contributed by atoms with van der Waals surface area (Å²) in [7, 11) is 0. The highest BCUT2D eigenvalue weighted by atomic mass is 16.6. The van der Waals surface area contributed by atoms with Crippen LogP contribution in [-0.2, 0) is 21.5 Å². The Labute approximate surface area is 163 Å². The van der Waals surface area contributed by atoms with Gasteiger partial charge in [0.25, 0.3) is 5.91 Å². The topological polar surface area (TPSA) is 99.9 Å². The third-order valence-electron chi connectivity index (χ3n) is 4.39. The molecule has 1 heterocycles. The molecule has 1 aliphatic heterocycles. The number of hydrogen-bond donors (Lipinski definition) is 2. The number of carbonyl (C=O) groups excluding carboxylic acids is 2. The van der Waals surface area contributed by atoms with Gasteiger partial charge in [0.15, 0.2) is 18.1 Å². The molecule has 2 amide bonds. The molecule has 1 aliphatic rings. The van der Waals surface area contributed by atoms with Gasteiger partial charge in [-0.05, 0) is 49.2 Å². The quantitative estimate of drug-likeness (QED) is 0.760. The van der Waals surface area contributed by atoms with Gasteiger partial charge in [0, 0.05) is 0 Å². The Balaban J connectivity index is 1.57. The van der Waals surface area contributed by atoms with Crippen molar-refractivity contribution in [3.63, 3.8) is 0 Å². The van der Waals surface area contributed by atoms with E-state index in [9.17, 15) is 9.59 Å². The number of ether oxygens (including phenoxy) is 3. The van der Waals surface area contributed by atoms with Gasteiger partial charge < -0.3 is 25.3 Å². The molecule has 28 heavy (non-hydrogen) atoms. The second-order valence-corrected chi connectivity index (χ2v) is 7.11. The maximum absolute atomic E-state index is 12.4. The Morgan fingerprint density at radius 3 is 2.43 bits per heavy atom. The fourth-order valence-corrected chi connectivity index (χ4v) is 2.94. The summed E-state index contributed by atoms with van der Waals surface area (Å²) in [5.74, 6) is 1.29. The average Bonchev–Trinajstić information content (AvgIpc) is 2.66. The van der Waals surface area contributed by atoms with Gasteiger partial charge in [-0.25, -0.2) is 0 Å². The molecular formula is C21H24N2O5. The van der Waals surface area contributed by atoms with Gasteiger partial charge in [-0.3, -0.25) is 9.59 Å². The Morgan fingerprint density at radius 1 is 1.07 bits per heavy atom. The van der Waals surface area contributed by atoms with Crippen molar-refractivity contribution in [1.29, 1.82) is 0 Å². The van der Waals surface area contributed by atoms with Crippen LogP contribution >= 0.6 is 0 Å². The molecule has 148 valence electrons.